The van der Waals surface area contributed by atoms with Crippen molar-refractivity contribution in [3.63, 3.8) is 0 Å². The van der Waals surface area contributed by atoms with E-state index in [9.17, 15) is 0 Å². The highest BCUT2D eigenvalue weighted by molar-refractivity contribution is 5.85. The molecule has 104 valence electrons. The highest BCUT2D eigenvalue weighted by Gasteiger charge is 2.21. The summed E-state index contributed by atoms with van der Waals surface area (Å²) >= 11 is 0. The van der Waals surface area contributed by atoms with Gasteiger partial charge < -0.3 is 5.73 Å². The first-order valence-electron chi connectivity index (χ1n) is 6.99. The monoisotopic (exact) mass is 279 g/mol. The lowest BCUT2D eigenvalue weighted by Crippen LogP contribution is -2.28. The van der Waals surface area contributed by atoms with E-state index < -0.39 is 0 Å². The van der Waals surface area contributed by atoms with E-state index in [1.54, 1.807) is 0 Å². The number of rotatable bonds is 2. The molecule has 1 fully saturated rings. The van der Waals surface area contributed by atoms with Crippen molar-refractivity contribution in [2.24, 2.45) is 5.73 Å². The van der Waals surface area contributed by atoms with Gasteiger partial charge in [0.1, 0.15) is 0 Å². The van der Waals surface area contributed by atoms with Crippen LogP contribution in [0.25, 0.3) is 10.9 Å². The van der Waals surface area contributed by atoms with Crippen LogP contribution in [0.15, 0.2) is 24.4 Å². The summed E-state index contributed by atoms with van der Waals surface area (Å²) in [4.78, 5) is 0. The zero-order valence-electron chi connectivity index (χ0n) is 11.4. The summed E-state index contributed by atoms with van der Waals surface area (Å²) in [5.74, 6) is 0. The molecule has 1 aliphatic carbocycles. The standard InChI is InChI=1S/C15H21N3.ClH/c1-2-11-3-8-15-12(9-11)10-17-18(15)14-6-4-13(16)5-7-14;/h3,8-10,13-14H,2,4-7,16H2,1H3;1H/t13-,14+;. The van der Waals surface area contributed by atoms with E-state index in [1.807, 2.05) is 6.20 Å². The largest absolute Gasteiger partial charge is 0.328 e. The van der Waals surface area contributed by atoms with Crippen molar-refractivity contribution in [1.82, 2.24) is 9.78 Å². The third-order valence-electron chi connectivity index (χ3n) is 4.16. The van der Waals surface area contributed by atoms with E-state index in [2.05, 4.69) is 34.9 Å². The molecule has 1 aromatic carbocycles. The van der Waals surface area contributed by atoms with Gasteiger partial charge in [0.2, 0.25) is 0 Å². The summed E-state index contributed by atoms with van der Waals surface area (Å²) in [5, 5.41) is 5.86. The maximum Gasteiger partial charge on any atom is 0.0685 e. The zero-order valence-corrected chi connectivity index (χ0v) is 12.2. The van der Waals surface area contributed by atoms with Crippen LogP contribution < -0.4 is 5.73 Å². The van der Waals surface area contributed by atoms with Crippen LogP contribution in [0.3, 0.4) is 0 Å². The van der Waals surface area contributed by atoms with Crippen LogP contribution in [0.1, 0.15) is 44.2 Å². The van der Waals surface area contributed by atoms with E-state index in [1.165, 1.54) is 16.5 Å². The normalized spacial score (nSPS) is 23.3. The average Bonchev–Trinajstić information content (AvgIpc) is 2.82. The Hall–Kier alpha value is -1.06. The van der Waals surface area contributed by atoms with Gasteiger partial charge in [-0.2, -0.15) is 5.10 Å². The molecule has 1 aromatic heterocycles. The van der Waals surface area contributed by atoms with E-state index in [0.29, 0.717) is 12.1 Å². The molecule has 0 unspecified atom stereocenters. The van der Waals surface area contributed by atoms with Crippen LogP contribution in [0.2, 0.25) is 0 Å². The number of aryl methyl sites for hydroxylation is 1. The lowest BCUT2D eigenvalue weighted by molar-refractivity contribution is 0.311. The molecule has 0 spiro atoms. The minimum atomic E-state index is 0. The van der Waals surface area contributed by atoms with Crippen molar-refractivity contribution >= 4 is 23.3 Å². The Bertz CT molecular complexity index is 541. The minimum Gasteiger partial charge on any atom is -0.328 e. The van der Waals surface area contributed by atoms with E-state index in [-0.39, 0.29) is 12.4 Å². The molecule has 2 N–H and O–H groups in total. The Morgan fingerprint density at radius 2 is 2.00 bits per heavy atom. The summed E-state index contributed by atoms with van der Waals surface area (Å²) in [7, 11) is 0. The van der Waals surface area contributed by atoms with Gasteiger partial charge in [0, 0.05) is 11.4 Å². The molecule has 0 bridgehead atoms. The molecule has 0 saturated heterocycles. The van der Waals surface area contributed by atoms with Crippen molar-refractivity contribution in [3.05, 3.63) is 30.0 Å². The first-order valence-corrected chi connectivity index (χ1v) is 6.99. The second-order valence-electron chi connectivity index (χ2n) is 5.40. The molecule has 0 radical (unpaired) electrons. The molecule has 3 nitrogen and oxygen atoms in total. The summed E-state index contributed by atoms with van der Waals surface area (Å²) in [5.41, 5.74) is 8.62. The molecule has 1 saturated carbocycles. The molecule has 1 heterocycles. The second kappa shape index (κ2) is 5.93. The Morgan fingerprint density at radius 1 is 1.26 bits per heavy atom. The highest BCUT2D eigenvalue weighted by atomic mass is 35.5. The number of halogens is 1. The third-order valence-corrected chi connectivity index (χ3v) is 4.16. The Balaban J connectivity index is 0.00000133. The van der Waals surface area contributed by atoms with E-state index >= 15 is 0 Å². The fourth-order valence-corrected chi connectivity index (χ4v) is 2.96. The van der Waals surface area contributed by atoms with Gasteiger partial charge in [-0.05, 0) is 49.8 Å². The number of nitrogens with zero attached hydrogens (tertiary/aromatic N) is 2. The smallest absolute Gasteiger partial charge is 0.0685 e. The lowest BCUT2D eigenvalue weighted by atomic mass is 9.92. The SMILES string of the molecule is CCc1ccc2c(cnn2[C@H]2CC[C@@H](N)CC2)c1.Cl. The first kappa shape index (κ1) is 14.4. The maximum atomic E-state index is 5.97. The fraction of sp³-hybridized carbons (Fsp3) is 0.533. The molecule has 0 amide bonds. The summed E-state index contributed by atoms with van der Waals surface area (Å²) in [6.07, 6.45) is 7.65. The fourth-order valence-electron chi connectivity index (χ4n) is 2.96. The van der Waals surface area contributed by atoms with E-state index in [4.69, 9.17) is 5.73 Å². The quantitative estimate of drug-likeness (QED) is 0.915. The van der Waals surface area contributed by atoms with Crippen molar-refractivity contribution in [3.8, 4) is 0 Å². The van der Waals surface area contributed by atoms with Crippen molar-refractivity contribution in [2.45, 2.75) is 51.1 Å². The number of hydrogen-bond acceptors (Lipinski definition) is 2. The molecule has 19 heavy (non-hydrogen) atoms. The van der Waals surface area contributed by atoms with Crippen LogP contribution in [-0.2, 0) is 6.42 Å². The Morgan fingerprint density at radius 3 is 2.68 bits per heavy atom. The van der Waals surface area contributed by atoms with Crippen molar-refractivity contribution in [1.29, 1.82) is 0 Å². The molecular formula is C15H22ClN3. The maximum absolute atomic E-state index is 5.97. The average molecular weight is 280 g/mol. The van der Waals surface area contributed by atoms with Gasteiger partial charge in [-0.25, -0.2) is 0 Å². The topological polar surface area (TPSA) is 43.8 Å². The Labute approximate surface area is 120 Å². The highest BCUT2D eigenvalue weighted by Crippen LogP contribution is 2.30. The molecule has 2 aromatic rings. The van der Waals surface area contributed by atoms with Crippen LogP contribution >= 0.6 is 12.4 Å². The minimum absolute atomic E-state index is 0. The predicted octanol–water partition coefficient (Wildman–Crippen LogP) is 3.46. The lowest BCUT2D eigenvalue weighted by Gasteiger charge is -2.26. The summed E-state index contributed by atoms with van der Waals surface area (Å²) < 4.78 is 2.21. The van der Waals surface area contributed by atoms with Crippen LogP contribution in [0.4, 0.5) is 0 Å². The van der Waals surface area contributed by atoms with Crippen LogP contribution in [0.5, 0.6) is 0 Å². The number of fused-ring (bicyclic) bond motifs is 1. The molecule has 0 atom stereocenters. The summed E-state index contributed by atoms with van der Waals surface area (Å²) in [6.45, 7) is 2.19. The molecule has 4 heteroatoms. The molecular weight excluding hydrogens is 258 g/mol. The van der Waals surface area contributed by atoms with Crippen LogP contribution in [0, 0.1) is 0 Å². The van der Waals surface area contributed by atoms with Gasteiger partial charge in [0.05, 0.1) is 17.8 Å². The third kappa shape index (κ3) is 2.77. The number of aromatic nitrogens is 2. The molecule has 1 aliphatic rings. The second-order valence-corrected chi connectivity index (χ2v) is 5.40. The number of benzene rings is 1. The number of hydrogen-bond donors (Lipinski definition) is 1. The molecule has 0 aliphatic heterocycles. The van der Waals surface area contributed by atoms with Gasteiger partial charge >= 0.3 is 0 Å². The zero-order chi connectivity index (χ0) is 12.5. The summed E-state index contributed by atoms with van der Waals surface area (Å²) in [6, 6.07) is 7.63. The van der Waals surface area contributed by atoms with Crippen molar-refractivity contribution < 1.29 is 0 Å². The van der Waals surface area contributed by atoms with Gasteiger partial charge in [-0.3, -0.25) is 4.68 Å². The van der Waals surface area contributed by atoms with Gasteiger partial charge in [-0.1, -0.05) is 13.0 Å². The van der Waals surface area contributed by atoms with E-state index in [0.717, 1.165) is 32.1 Å². The first-order chi connectivity index (χ1) is 8.78. The Kier molecular flexibility index (Phi) is 4.48. The van der Waals surface area contributed by atoms with Gasteiger partial charge in [0.25, 0.3) is 0 Å². The van der Waals surface area contributed by atoms with Gasteiger partial charge in [0.15, 0.2) is 0 Å². The van der Waals surface area contributed by atoms with Gasteiger partial charge in [-0.15, -0.1) is 12.4 Å². The molecule has 3 rings (SSSR count). The van der Waals surface area contributed by atoms with Crippen molar-refractivity contribution in [2.75, 3.05) is 0 Å². The number of nitrogens with two attached hydrogens (primary N) is 1. The predicted molar refractivity (Wildman–Crippen MR) is 81.8 cm³/mol. The van der Waals surface area contributed by atoms with Crippen LogP contribution in [-0.4, -0.2) is 15.8 Å².